The highest BCUT2D eigenvalue weighted by Gasteiger charge is 2.26. The van der Waals surface area contributed by atoms with Gasteiger partial charge in [-0.1, -0.05) is 11.6 Å². The van der Waals surface area contributed by atoms with E-state index >= 15 is 0 Å². The molecule has 1 amide bonds. The summed E-state index contributed by atoms with van der Waals surface area (Å²) in [5, 5.41) is 4.96. The Balaban J connectivity index is 1.68. The number of anilines is 1. The standard InChI is InChI=1S/C16H18BrClN4O/c1-2-22-15(14(17)11-19-22)16(23)21-9-7-20(8-10-21)13-5-3-12(18)4-6-13/h3-6,11H,2,7-10H2,1H3. The third-order valence-electron chi connectivity index (χ3n) is 4.06. The van der Waals surface area contributed by atoms with Crippen molar-refractivity contribution in [2.45, 2.75) is 13.5 Å². The van der Waals surface area contributed by atoms with Crippen LogP contribution in [0.5, 0.6) is 0 Å². The van der Waals surface area contributed by atoms with E-state index in [2.05, 4.69) is 25.9 Å². The molecule has 0 unspecified atom stereocenters. The Kier molecular flexibility index (Phi) is 4.92. The van der Waals surface area contributed by atoms with Crippen molar-refractivity contribution in [1.29, 1.82) is 0 Å². The van der Waals surface area contributed by atoms with E-state index in [1.165, 1.54) is 0 Å². The minimum Gasteiger partial charge on any atom is -0.368 e. The third-order valence-corrected chi connectivity index (χ3v) is 4.89. The number of halogens is 2. The number of carbonyl (C=O) groups excluding carboxylic acids is 1. The van der Waals surface area contributed by atoms with Crippen molar-refractivity contribution in [3.63, 3.8) is 0 Å². The van der Waals surface area contributed by atoms with E-state index in [0.29, 0.717) is 25.3 Å². The lowest BCUT2D eigenvalue weighted by molar-refractivity contribution is 0.0733. The van der Waals surface area contributed by atoms with E-state index in [1.807, 2.05) is 36.1 Å². The molecular weight excluding hydrogens is 380 g/mol. The Morgan fingerprint density at radius 3 is 2.48 bits per heavy atom. The van der Waals surface area contributed by atoms with Crippen LogP contribution in [0.3, 0.4) is 0 Å². The molecule has 1 aromatic carbocycles. The minimum atomic E-state index is 0.0342. The fourth-order valence-corrected chi connectivity index (χ4v) is 3.38. The first kappa shape index (κ1) is 16.3. The molecule has 1 fully saturated rings. The number of piperazine rings is 1. The Labute approximate surface area is 148 Å². The highest BCUT2D eigenvalue weighted by Crippen LogP contribution is 2.22. The van der Waals surface area contributed by atoms with Crippen LogP contribution in [0, 0.1) is 0 Å². The van der Waals surface area contributed by atoms with Gasteiger partial charge in [0.25, 0.3) is 5.91 Å². The van der Waals surface area contributed by atoms with Gasteiger partial charge in [0, 0.05) is 43.4 Å². The lowest BCUT2D eigenvalue weighted by Crippen LogP contribution is -2.49. The summed E-state index contributed by atoms with van der Waals surface area (Å²) in [6, 6.07) is 7.82. The summed E-state index contributed by atoms with van der Waals surface area (Å²) in [7, 11) is 0. The van der Waals surface area contributed by atoms with E-state index in [-0.39, 0.29) is 5.91 Å². The maximum absolute atomic E-state index is 12.7. The zero-order valence-corrected chi connectivity index (χ0v) is 15.2. The molecule has 0 radical (unpaired) electrons. The van der Waals surface area contributed by atoms with Gasteiger partial charge in [-0.3, -0.25) is 9.48 Å². The zero-order valence-electron chi connectivity index (χ0n) is 12.9. The molecule has 2 heterocycles. The van der Waals surface area contributed by atoms with Crippen LogP contribution in [0.1, 0.15) is 17.4 Å². The van der Waals surface area contributed by atoms with Gasteiger partial charge in [-0.15, -0.1) is 0 Å². The Bertz CT molecular complexity index is 693. The Morgan fingerprint density at radius 1 is 1.22 bits per heavy atom. The molecule has 0 N–H and O–H groups in total. The topological polar surface area (TPSA) is 41.4 Å². The second-order valence-electron chi connectivity index (χ2n) is 5.41. The van der Waals surface area contributed by atoms with Crippen LogP contribution in [0.4, 0.5) is 5.69 Å². The molecule has 0 bridgehead atoms. The fourth-order valence-electron chi connectivity index (χ4n) is 2.78. The van der Waals surface area contributed by atoms with Crippen LogP contribution in [-0.2, 0) is 6.54 Å². The molecule has 0 saturated carbocycles. The van der Waals surface area contributed by atoms with Crippen molar-refractivity contribution in [2.75, 3.05) is 31.1 Å². The number of aryl methyl sites for hydroxylation is 1. The third kappa shape index (κ3) is 3.38. The first-order chi connectivity index (χ1) is 11.1. The first-order valence-electron chi connectivity index (χ1n) is 7.61. The van der Waals surface area contributed by atoms with Crippen LogP contribution >= 0.6 is 27.5 Å². The van der Waals surface area contributed by atoms with Crippen LogP contribution < -0.4 is 4.90 Å². The predicted octanol–water partition coefficient (Wildman–Crippen LogP) is 3.28. The number of carbonyl (C=O) groups is 1. The molecule has 1 aromatic heterocycles. The molecule has 2 aromatic rings. The molecule has 0 spiro atoms. The molecule has 7 heteroatoms. The number of nitrogens with zero attached hydrogens (tertiary/aromatic N) is 4. The van der Waals surface area contributed by atoms with Gasteiger partial charge in [0.15, 0.2) is 0 Å². The smallest absolute Gasteiger partial charge is 0.273 e. The van der Waals surface area contributed by atoms with Gasteiger partial charge < -0.3 is 9.80 Å². The monoisotopic (exact) mass is 396 g/mol. The van der Waals surface area contributed by atoms with E-state index < -0.39 is 0 Å². The largest absolute Gasteiger partial charge is 0.368 e. The molecule has 23 heavy (non-hydrogen) atoms. The van der Waals surface area contributed by atoms with Gasteiger partial charge in [0.05, 0.1) is 10.7 Å². The molecule has 0 atom stereocenters. The van der Waals surface area contributed by atoms with E-state index in [1.54, 1.807) is 10.9 Å². The van der Waals surface area contributed by atoms with Crippen LogP contribution in [0.25, 0.3) is 0 Å². The van der Waals surface area contributed by atoms with Crippen molar-refractivity contribution in [2.24, 2.45) is 0 Å². The molecule has 0 aliphatic carbocycles. The number of hydrogen-bond acceptors (Lipinski definition) is 3. The maximum atomic E-state index is 12.7. The van der Waals surface area contributed by atoms with E-state index in [9.17, 15) is 4.79 Å². The second-order valence-corrected chi connectivity index (χ2v) is 6.70. The number of aromatic nitrogens is 2. The zero-order chi connectivity index (χ0) is 16.4. The Hall–Kier alpha value is -1.53. The number of benzene rings is 1. The summed E-state index contributed by atoms with van der Waals surface area (Å²) in [5.74, 6) is 0.0342. The van der Waals surface area contributed by atoms with Crippen molar-refractivity contribution in [3.05, 3.63) is 45.7 Å². The molecule has 122 valence electrons. The van der Waals surface area contributed by atoms with Gasteiger partial charge in [-0.25, -0.2) is 0 Å². The average molecular weight is 398 g/mol. The van der Waals surface area contributed by atoms with Crippen molar-refractivity contribution in [1.82, 2.24) is 14.7 Å². The number of rotatable bonds is 3. The summed E-state index contributed by atoms with van der Waals surface area (Å²) in [5.41, 5.74) is 1.77. The predicted molar refractivity (Wildman–Crippen MR) is 95.2 cm³/mol. The molecule has 1 aliphatic rings. The second kappa shape index (κ2) is 6.93. The van der Waals surface area contributed by atoms with Crippen LogP contribution in [0.2, 0.25) is 5.02 Å². The SMILES string of the molecule is CCn1ncc(Br)c1C(=O)N1CCN(c2ccc(Cl)cc2)CC1. The number of amides is 1. The highest BCUT2D eigenvalue weighted by atomic mass is 79.9. The molecule has 5 nitrogen and oxygen atoms in total. The lowest BCUT2D eigenvalue weighted by atomic mass is 10.2. The summed E-state index contributed by atoms with van der Waals surface area (Å²) < 4.78 is 2.49. The summed E-state index contributed by atoms with van der Waals surface area (Å²) >= 11 is 9.36. The molecule has 1 aliphatic heterocycles. The number of hydrogen-bond donors (Lipinski definition) is 0. The van der Waals surface area contributed by atoms with Crippen LogP contribution in [-0.4, -0.2) is 46.8 Å². The average Bonchev–Trinajstić information content (AvgIpc) is 2.96. The summed E-state index contributed by atoms with van der Waals surface area (Å²) in [6.45, 7) is 5.67. The minimum absolute atomic E-state index is 0.0342. The summed E-state index contributed by atoms with van der Waals surface area (Å²) in [4.78, 5) is 16.9. The van der Waals surface area contributed by atoms with Gasteiger partial charge in [0.1, 0.15) is 5.69 Å². The van der Waals surface area contributed by atoms with E-state index in [0.717, 1.165) is 28.3 Å². The quantitative estimate of drug-likeness (QED) is 0.798. The van der Waals surface area contributed by atoms with Gasteiger partial charge in [-0.2, -0.15) is 5.10 Å². The van der Waals surface area contributed by atoms with Crippen molar-refractivity contribution < 1.29 is 4.79 Å². The molecule has 3 rings (SSSR count). The van der Waals surface area contributed by atoms with E-state index in [4.69, 9.17) is 11.6 Å². The first-order valence-corrected chi connectivity index (χ1v) is 8.78. The fraction of sp³-hybridized carbons (Fsp3) is 0.375. The lowest BCUT2D eigenvalue weighted by Gasteiger charge is -2.36. The maximum Gasteiger partial charge on any atom is 0.273 e. The van der Waals surface area contributed by atoms with Gasteiger partial charge in [0.2, 0.25) is 0 Å². The Morgan fingerprint density at radius 2 is 1.87 bits per heavy atom. The highest BCUT2D eigenvalue weighted by molar-refractivity contribution is 9.10. The van der Waals surface area contributed by atoms with Crippen molar-refractivity contribution in [3.8, 4) is 0 Å². The molecule has 1 saturated heterocycles. The van der Waals surface area contributed by atoms with Gasteiger partial charge >= 0.3 is 0 Å². The normalized spacial score (nSPS) is 15.1. The van der Waals surface area contributed by atoms with Gasteiger partial charge in [-0.05, 0) is 47.1 Å². The van der Waals surface area contributed by atoms with Crippen LogP contribution in [0.15, 0.2) is 34.9 Å². The molecular formula is C16H18BrClN4O. The van der Waals surface area contributed by atoms with Crippen molar-refractivity contribution >= 4 is 39.1 Å². The summed E-state index contributed by atoms with van der Waals surface area (Å²) in [6.07, 6.45) is 1.68.